The molecule has 3 aromatic rings. The van der Waals surface area contributed by atoms with E-state index >= 15 is 0 Å². The minimum absolute atomic E-state index is 0.379. The maximum atomic E-state index is 5.97. The molecule has 188 valence electrons. The molecule has 0 aliphatic heterocycles. The van der Waals surface area contributed by atoms with Crippen molar-refractivity contribution < 1.29 is 4.74 Å². The van der Waals surface area contributed by atoms with Crippen molar-refractivity contribution in [3.8, 4) is 17.0 Å². The molecule has 2 aromatic carbocycles. The van der Waals surface area contributed by atoms with Crippen LogP contribution < -0.4 is 4.74 Å². The predicted molar refractivity (Wildman–Crippen MR) is 149 cm³/mol. The first-order valence-corrected chi connectivity index (χ1v) is 13.4. The number of ether oxygens (including phenoxy) is 1. The van der Waals surface area contributed by atoms with Gasteiger partial charge in [-0.3, -0.25) is 9.88 Å². The fraction of sp³-hybridized carbons (Fsp3) is 0.469. The van der Waals surface area contributed by atoms with Crippen LogP contribution in [0.2, 0.25) is 0 Å². The summed E-state index contributed by atoms with van der Waals surface area (Å²) in [6.45, 7) is 9.65. The van der Waals surface area contributed by atoms with Gasteiger partial charge in [-0.15, -0.1) is 0 Å². The molecule has 0 fully saturated rings. The number of methoxy groups -OCH3 is 1. The first-order chi connectivity index (χ1) is 17.0. The lowest BCUT2D eigenvalue weighted by molar-refractivity contribution is 0.216. The van der Waals surface area contributed by atoms with E-state index in [0.29, 0.717) is 6.04 Å². The second kappa shape index (κ2) is 13.4. The van der Waals surface area contributed by atoms with Gasteiger partial charge < -0.3 is 4.74 Å². The lowest BCUT2D eigenvalue weighted by Crippen LogP contribution is -2.25. The molecule has 0 aliphatic rings. The molecule has 1 aromatic heterocycles. The van der Waals surface area contributed by atoms with Gasteiger partial charge in [0, 0.05) is 35.5 Å². The van der Waals surface area contributed by atoms with E-state index < -0.39 is 0 Å². The summed E-state index contributed by atoms with van der Waals surface area (Å²) in [5.41, 5.74) is 8.62. The van der Waals surface area contributed by atoms with E-state index in [9.17, 15) is 0 Å². The molecular formula is C32H44N2O. The number of benzene rings is 2. The zero-order valence-electron chi connectivity index (χ0n) is 22.7. The molecule has 0 saturated heterocycles. The van der Waals surface area contributed by atoms with Gasteiger partial charge in [0.25, 0.3) is 0 Å². The fourth-order valence-electron chi connectivity index (χ4n) is 5.18. The highest BCUT2D eigenvalue weighted by Crippen LogP contribution is 2.35. The van der Waals surface area contributed by atoms with Gasteiger partial charge in [-0.2, -0.15) is 0 Å². The zero-order chi connectivity index (χ0) is 25.2. The van der Waals surface area contributed by atoms with Crippen LogP contribution in [-0.2, 0) is 19.4 Å². The van der Waals surface area contributed by atoms with E-state index in [1.165, 1.54) is 53.5 Å². The maximum absolute atomic E-state index is 5.97. The molecule has 0 bridgehead atoms. The highest BCUT2D eigenvalue weighted by Gasteiger charge is 2.21. The Bertz CT molecular complexity index is 1040. The first-order valence-electron chi connectivity index (χ1n) is 13.4. The van der Waals surface area contributed by atoms with Gasteiger partial charge >= 0.3 is 0 Å². The predicted octanol–water partition coefficient (Wildman–Crippen LogP) is 8.33. The van der Waals surface area contributed by atoms with Gasteiger partial charge in [0.15, 0.2) is 0 Å². The molecule has 0 saturated carbocycles. The lowest BCUT2D eigenvalue weighted by Gasteiger charge is -2.30. The first kappa shape index (κ1) is 26.9. The average Bonchev–Trinajstić information content (AvgIpc) is 2.89. The number of hydrogen-bond acceptors (Lipinski definition) is 3. The van der Waals surface area contributed by atoms with Crippen LogP contribution in [0, 0.1) is 6.92 Å². The van der Waals surface area contributed by atoms with Crippen LogP contribution in [0.5, 0.6) is 5.75 Å². The van der Waals surface area contributed by atoms with Crippen LogP contribution in [0.1, 0.15) is 86.9 Å². The van der Waals surface area contributed by atoms with Gasteiger partial charge in [0.2, 0.25) is 0 Å². The summed E-state index contributed by atoms with van der Waals surface area (Å²) in [7, 11) is 4.03. The minimum atomic E-state index is 0.379. The van der Waals surface area contributed by atoms with Crippen molar-refractivity contribution in [3.63, 3.8) is 0 Å². The van der Waals surface area contributed by atoms with Crippen molar-refractivity contribution in [1.29, 1.82) is 0 Å². The van der Waals surface area contributed by atoms with Crippen molar-refractivity contribution >= 4 is 0 Å². The van der Waals surface area contributed by atoms with E-state index in [2.05, 4.69) is 94.2 Å². The van der Waals surface area contributed by atoms with E-state index in [4.69, 9.17) is 9.72 Å². The van der Waals surface area contributed by atoms with Crippen LogP contribution in [0.4, 0.5) is 0 Å². The largest absolute Gasteiger partial charge is 0.496 e. The van der Waals surface area contributed by atoms with Gasteiger partial charge in [-0.05, 0) is 49.9 Å². The lowest BCUT2D eigenvalue weighted by atomic mass is 9.94. The molecule has 3 rings (SSSR count). The Morgan fingerprint density at radius 1 is 0.886 bits per heavy atom. The van der Waals surface area contributed by atoms with Crippen LogP contribution in [-0.4, -0.2) is 24.0 Å². The normalized spacial score (nSPS) is 12.2. The summed E-state index contributed by atoms with van der Waals surface area (Å²) in [5.74, 6) is 0.935. The third-order valence-electron chi connectivity index (χ3n) is 7.22. The molecule has 0 amide bonds. The topological polar surface area (TPSA) is 25.4 Å². The minimum Gasteiger partial charge on any atom is -0.496 e. The number of pyridine rings is 1. The maximum Gasteiger partial charge on any atom is 0.127 e. The Kier molecular flexibility index (Phi) is 10.3. The van der Waals surface area contributed by atoms with Crippen LogP contribution in [0.25, 0.3) is 11.3 Å². The SMILES string of the molecule is CCCCCCC(c1ccccc1)N(C)Cc1c(OC)cc(-c2c(CC)cccc2CC)nc1C. The number of hydrogen-bond donors (Lipinski definition) is 0. The van der Waals surface area contributed by atoms with Crippen molar-refractivity contribution in [2.75, 3.05) is 14.2 Å². The molecular weight excluding hydrogens is 428 g/mol. The quantitative estimate of drug-likeness (QED) is 0.234. The number of nitrogens with zero attached hydrogens (tertiary/aromatic N) is 2. The summed E-state index contributed by atoms with van der Waals surface area (Å²) in [5, 5.41) is 0. The second-order valence-corrected chi connectivity index (χ2v) is 9.62. The van der Waals surface area contributed by atoms with E-state index in [1.54, 1.807) is 7.11 Å². The van der Waals surface area contributed by atoms with Crippen LogP contribution in [0.3, 0.4) is 0 Å². The summed E-state index contributed by atoms with van der Waals surface area (Å²) in [4.78, 5) is 7.61. The molecule has 0 N–H and O–H groups in total. The number of aryl methyl sites for hydroxylation is 3. The molecule has 1 heterocycles. The van der Waals surface area contributed by atoms with Gasteiger partial charge in [0.05, 0.1) is 12.8 Å². The van der Waals surface area contributed by atoms with Gasteiger partial charge in [0.1, 0.15) is 5.75 Å². The standard InChI is InChI=1S/C32H44N2O/c1-7-10-11-15-21-30(27-17-13-12-14-18-27)34(5)23-28-24(4)33-29(22-31(28)35-6)32-25(8-2)19-16-20-26(32)9-3/h12-14,16-20,22,30H,7-11,15,21,23H2,1-6H3. The second-order valence-electron chi connectivity index (χ2n) is 9.62. The summed E-state index contributed by atoms with van der Waals surface area (Å²) in [6.07, 6.45) is 8.27. The van der Waals surface area contributed by atoms with Crippen molar-refractivity contribution in [2.45, 2.75) is 85.2 Å². The Hall–Kier alpha value is -2.65. The molecule has 35 heavy (non-hydrogen) atoms. The van der Waals surface area contributed by atoms with Crippen LogP contribution in [0.15, 0.2) is 54.6 Å². The van der Waals surface area contributed by atoms with E-state index in [0.717, 1.165) is 42.9 Å². The molecule has 1 atom stereocenters. The van der Waals surface area contributed by atoms with Gasteiger partial charge in [-0.1, -0.05) is 95.0 Å². The average molecular weight is 473 g/mol. The summed E-state index contributed by atoms with van der Waals surface area (Å²) >= 11 is 0. The van der Waals surface area contributed by atoms with Gasteiger partial charge in [-0.25, -0.2) is 0 Å². The molecule has 3 nitrogen and oxygen atoms in total. The number of aromatic nitrogens is 1. The monoisotopic (exact) mass is 472 g/mol. The third-order valence-corrected chi connectivity index (χ3v) is 7.22. The highest BCUT2D eigenvalue weighted by molar-refractivity contribution is 5.70. The van der Waals surface area contributed by atoms with Crippen molar-refractivity contribution in [1.82, 2.24) is 9.88 Å². The molecule has 1 unspecified atom stereocenters. The van der Waals surface area contributed by atoms with E-state index in [1.807, 2.05) is 0 Å². The molecule has 0 aliphatic carbocycles. The Labute approximate surface area is 213 Å². The number of rotatable bonds is 13. The Balaban J connectivity index is 1.93. The summed E-state index contributed by atoms with van der Waals surface area (Å²) in [6, 6.07) is 20.1. The third kappa shape index (κ3) is 6.73. The molecule has 3 heteroatoms. The number of unbranched alkanes of at least 4 members (excludes halogenated alkanes) is 3. The Morgan fingerprint density at radius 3 is 2.17 bits per heavy atom. The fourth-order valence-corrected chi connectivity index (χ4v) is 5.18. The van der Waals surface area contributed by atoms with E-state index in [-0.39, 0.29) is 0 Å². The van der Waals surface area contributed by atoms with Crippen molar-refractivity contribution in [3.05, 3.63) is 82.5 Å². The Morgan fingerprint density at radius 2 is 1.57 bits per heavy atom. The van der Waals surface area contributed by atoms with Crippen LogP contribution >= 0.6 is 0 Å². The molecule has 0 radical (unpaired) electrons. The highest BCUT2D eigenvalue weighted by atomic mass is 16.5. The zero-order valence-corrected chi connectivity index (χ0v) is 22.7. The molecule has 0 spiro atoms. The van der Waals surface area contributed by atoms with Crippen molar-refractivity contribution in [2.24, 2.45) is 0 Å². The smallest absolute Gasteiger partial charge is 0.127 e. The summed E-state index contributed by atoms with van der Waals surface area (Å²) < 4.78 is 5.97.